The van der Waals surface area contributed by atoms with Crippen molar-refractivity contribution in [3.63, 3.8) is 0 Å². The highest BCUT2D eigenvalue weighted by atomic mass is 32.2. The molecule has 20 heteroatoms. The van der Waals surface area contributed by atoms with Gasteiger partial charge in [0.2, 0.25) is 0 Å². The third kappa shape index (κ3) is 5.95. The zero-order chi connectivity index (χ0) is 32.5. The highest BCUT2D eigenvalue weighted by Crippen LogP contribution is 2.47. The van der Waals surface area contributed by atoms with E-state index in [9.17, 15) is 63.2 Å². The largest absolute Gasteiger partial charge is 0.505 e. The van der Waals surface area contributed by atoms with Crippen molar-refractivity contribution in [3.8, 4) is 11.5 Å². The number of benzene rings is 4. The molecule has 19 nitrogen and oxygen atoms in total. The lowest BCUT2D eigenvalue weighted by atomic mass is 10.1. The average Bonchev–Trinajstić information content (AvgIpc) is 2.95. The molecule has 0 aromatic heterocycles. The van der Waals surface area contributed by atoms with Crippen LogP contribution in [0.5, 0.6) is 11.5 Å². The molecule has 0 unspecified atom stereocenters. The van der Waals surface area contributed by atoms with Crippen LogP contribution in [0.4, 0.5) is 34.1 Å². The third-order valence-corrected chi connectivity index (χ3v) is 6.67. The van der Waals surface area contributed by atoms with E-state index in [1.54, 1.807) is 0 Å². The summed E-state index contributed by atoms with van der Waals surface area (Å²) in [6.07, 6.45) is 0. The summed E-state index contributed by atoms with van der Waals surface area (Å²) in [4.78, 5) is 42.1. The van der Waals surface area contributed by atoms with E-state index in [1.165, 1.54) is 0 Å². The van der Waals surface area contributed by atoms with Gasteiger partial charge in [-0.1, -0.05) is 6.07 Å². The summed E-state index contributed by atoms with van der Waals surface area (Å²) < 4.78 is 33.9. The van der Waals surface area contributed by atoms with Gasteiger partial charge >= 0.3 is 11.9 Å². The SMILES string of the molecule is O=C(O)c1cc(N=Nc2ccc3cc(S(=O)(=O)O)c(N=Nc4ccc([N+](=O)[O-])c(C(=O)O)c4)c(O)c3c2O)ccc1[N+](=O)[O-]. The molecule has 0 aliphatic carbocycles. The van der Waals surface area contributed by atoms with Crippen LogP contribution in [0.2, 0.25) is 0 Å². The minimum atomic E-state index is -5.10. The number of azo groups is 2. The molecule has 4 aromatic carbocycles. The summed E-state index contributed by atoms with van der Waals surface area (Å²) in [7, 11) is -5.10. The van der Waals surface area contributed by atoms with Crippen LogP contribution in [0, 0.1) is 20.2 Å². The number of phenols is 2. The van der Waals surface area contributed by atoms with Gasteiger partial charge in [-0.3, -0.25) is 24.8 Å². The predicted octanol–water partition coefficient (Wildman–Crippen LogP) is 5.54. The molecular weight excluding hydrogens is 612 g/mol. The molecular formula is C24H14N6O13S. The Hall–Kier alpha value is -6.41. The quantitative estimate of drug-likeness (QED) is 0.0660. The monoisotopic (exact) mass is 626 g/mol. The molecule has 5 N–H and O–H groups in total. The van der Waals surface area contributed by atoms with E-state index in [2.05, 4.69) is 20.5 Å². The maximum absolute atomic E-state index is 12.1. The van der Waals surface area contributed by atoms with Gasteiger partial charge in [-0.15, -0.1) is 10.2 Å². The van der Waals surface area contributed by atoms with E-state index in [4.69, 9.17) is 0 Å². The number of fused-ring (bicyclic) bond motifs is 1. The second-order valence-corrected chi connectivity index (χ2v) is 9.90. The number of carboxylic acids is 2. The number of rotatable bonds is 9. The standard InChI is InChI=1S/C24H14N6O13S/c31-21-15(27-25-11-2-5-16(29(37)38)13(8-11)23(33)34)4-1-10-7-18(44(41,42)43)20(22(32)19(10)21)28-26-12-3-6-17(30(39)40)14(9-12)24(35)36/h1-9,31-32H,(H,33,34)(H,35,36)(H,41,42,43). The van der Waals surface area contributed by atoms with Crippen LogP contribution in [0.25, 0.3) is 10.8 Å². The molecule has 0 heterocycles. The van der Waals surface area contributed by atoms with Crippen molar-refractivity contribution in [1.82, 2.24) is 0 Å². The Morgan fingerprint density at radius 1 is 0.705 bits per heavy atom. The highest BCUT2D eigenvalue weighted by Gasteiger charge is 2.25. The van der Waals surface area contributed by atoms with Gasteiger partial charge in [0.05, 0.1) is 26.6 Å². The number of hydrogen-bond donors (Lipinski definition) is 5. The number of aromatic carboxylic acids is 2. The molecule has 0 amide bonds. The average molecular weight is 626 g/mol. The fraction of sp³-hybridized carbons (Fsp3) is 0. The fourth-order valence-electron chi connectivity index (χ4n) is 3.84. The Kier molecular flexibility index (Phi) is 7.96. The van der Waals surface area contributed by atoms with Gasteiger partial charge in [-0.05, 0) is 41.8 Å². The van der Waals surface area contributed by atoms with Gasteiger partial charge in [0.15, 0.2) is 11.5 Å². The third-order valence-electron chi connectivity index (χ3n) is 5.80. The molecule has 0 radical (unpaired) electrons. The maximum Gasteiger partial charge on any atom is 0.342 e. The molecule has 0 aliphatic heterocycles. The first-order valence-corrected chi connectivity index (χ1v) is 12.9. The van der Waals surface area contributed by atoms with Crippen LogP contribution >= 0.6 is 0 Å². The smallest absolute Gasteiger partial charge is 0.342 e. The van der Waals surface area contributed by atoms with E-state index in [-0.39, 0.29) is 22.4 Å². The van der Waals surface area contributed by atoms with E-state index in [0.717, 1.165) is 54.6 Å². The molecule has 4 aromatic rings. The van der Waals surface area contributed by atoms with Crippen molar-refractivity contribution in [2.45, 2.75) is 4.90 Å². The van der Waals surface area contributed by atoms with Crippen LogP contribution < -0.4 is 0 Å². The zero-order valence-electron chi connectivity index (χ0n) is 21.3. The molecule has 0 saturated heterocycles. The van der Waals surface area contributed by atoms with Crippen molar-refractivity contribution >= 4 is 67.0 Å². The Morgan fingerprint density at radius 2 is 1.20 bits per heavy atom. The first-order chi connectivity index (χ1) is 20.6. The minimum absolute atomic E-state index is 0.155. The highest BCUT2D eigenvalue weighted by molar-refractivity contribution is 7.86. The minimum Gasteiger partial charge on any atom is -0.505 e. The number of carbonyl (C=O) groups is 2. The van der Waals surface area contributed by atoms with Crippen LogP contribution in [0.15, 0.2) is 79.9 Å². The Balaban J connectivity index is 1.85. The van der Waals surface area contributed by atoms with Crippen LogP contribution in [-0.2, 0) is 10.1 Å². The maximum atomic E-state index is 12.1. The van der Waals surface area contributed by atoms with E-state index in [1.807, 2.05) is 0 Å². The van der Waals surface area contributed by atoms with E-state index < -0.39 is 81.9 Å². The van der Waals surface area contributed by atoms with E-state index >= 15 is 0 Å². The normalized spacial score (nSPS) is 11.8. The summed E-state index contributed by atoms with van der Waals surface area (Å²) in [6.45, 7) is 0. The lowest BCUT2D eigenvalue weighted by Crippen LogP contribution is -2.02. The number of nitro benzene ring substituents is 2. The summed E-state index contributed by atoms with van der Waals surface area (Å²) in [6, 6.07) is 8.42. The summed E-state index contributed by atoms with van der Waals surface area (Å²) in [5.74, 6) is -5.14. The number of aromatic hydroxyl groups is 2. The van der Waals surface area contributed by atoms with Gasteiger partial charge in [0.1, 0.15) is 27.4 Å². The van der Waals surface area contributed by atoms with Crippen molar-refractivity contribution in [2.24, 2.45) is 20.5 Å². The molecule has 224 valence electrons. The molecule has 0 bridgehead atoms. The van der Waals surface area contributed by atoms with Gasteiger partial charge in [-0.2, -0.15) is 18.6 Å². The van der Waals surface area contributed by atoms with Gasteiger partial charge in [0, 0.05) is 12.1 Å². The molecule has 0 fully saturated rings. The molecule has 4 rings (SSSR count). The molecule has 0 atom stereocenters. The van der Waals surface area contributed by atoms with Crippen molar-refractivity contribution < 1.29 is 52.8 Å². The zero-order valence-corrected chi connectivity index (χ0v) is 22.1. The first-order valence-electron chi connectivity index (χ1n) is 11.5. The fourth-order valence-corrected chi connectivity index (χ4v) is 4.49. The van der Waals surface area contributed by atoms with Crippen molar-refractivity contribution in [3.05, 3.63) is 86.0 Å². The Morgan fingerprint density at radius 3 is 1.66 bits per heavy atom. The summed E-state index contributed by atoms with van der Waals surface area (Å²) >= 11 is 0. The summed E-state index contributed by atoms with van der Waals surface area (Å²) in [5, 5.41) is 76.5. The van der Waals surface area contributed by atoms with Crippen molar-refractivity contribution in [1.29, 1.82) is 0 Å². The number of carboxylic acid groups (broad SMARTS) is 2. The number of nitro groups is 2. The molecule has 44 heavy (non-hydrogen) atoms. The summed E-state index contributed by atoms with van der Waals surface area (Å²) in [5.41, 5.74) is -4.72. The first kappa shape index (κ1) is 30.5. The molecule has 0 spiro atoms. The van der Waals surface area contributed by atoms with Gasteiger partial charge in [-0.25, -0.2) is 9.59 Å². The van der Waals surface area contributed by atoms with Gasteiger partial charge < -0.3 is 20.4 Å². The van der Waals surface area contributed by atoms with Crippen LogP contribution in [-0.4, -0.2) is 55.2 Å². The number of hydrogen-bond acceptors (Lipinski definition) is 14. The number of phenolic OH excluding ortho intramolecular Hbond substituents is 2. The second-order valence-electron chi connectivity index (χ2n) is 8.51. The second kappa shape index (κ2) is 11.5. The molecule has 0 saturated carbocycles. The van der Waals surface area contributed by atoms with Gasteiger partial charge in [0.25, 0.3) is 21.5 Å². The predicted molar refractivity (Wildman–Crippen MR) is 146 cm³/mol. The van der Waals surface area contributed by atoms with Crippen LogP contribution in [0.3, 0.4) is 0 Å². The van der Waals surface area contributed by atoms with Crippen molar-refractivity contribution in [2.75, 3.05) is 0 Å². The Labute approximate surface area is 242 Å². The lowest BCUT2D eigenvalue weighted by molar-refractivity contribution is -0.385. The Bertz CT molecular complexity index is 2090. The molecule has 0 aliphatic rings. The lowest BCUT2D eigenvalue weighted by Gasteiger charge is -2.11. The number of nitrogens with zero attached hydrogens (tertiary/aromatic N) is 6. The van der Waals surface area contributed by atoms with Crippen LogP contribution in [0.1, 0.15) is 20.7 Å². The van der Waals surface area contributed by atoms with E-state index in [0.29, 0.717) is 0 Å². The topological polar surface area (TPSA) is 305 Å².